The average Bonchev–Trinajstić information content (AvgIpc) is 2.95. The number of aromatic nitrogens is 2. The summed E-state index contributed by atoms with van der Waals surface area (Å²) in [5.74, 6) is -0.117. The van der Waals surface area contributed by atoms with Crippen LogP contribution in [0.15, 0.2) is 18.2 Å². The molecule has 0 fully saturated rings. The number of carbonyl (C=O) groups is 1. The van der Waals surface area contributed by atoms with E-state index in [-0.39, 0.29) is 5.91 Å². The molecule has 0 bridgehead atoms. The molecule has 0 radical (unpaired) electrons. The van der Waals surface area contributed by atoms with E-state index in [9.17, 15) is 4.79 Å². The van der Waals surface area contributed by atoms with Gasteiger partial charge in [0.25, 0.3) is 5.91 Å². The lowest BCUT2D eigenvalue weighted by atomic mass is 10.1. The highest BCUT2D eigenvalue weighted by molar-refractivity contribution is 6.04. The molecule has 0 saturated carbocycles. The zero-order valence-electron chi connectivity index (χ0n) is 11.2. The van der Waals surface area contributed by atoms with E-state index < -0.39 is 0 Å². The van der Waals surface area contributed by atoms with Gasteiger partial charge in [0.15, 0.2) is 5.69 Å². The van der Waals surface area contributed by atoms with E-state index in [1.54, 1.807) is 0 Å². The van der Waals surface area contributed by atoms with Crippen molar-refractivity contribution in [3.8, 4) is 0 Å². The predicted molar refractivity (Wildman–Crippen MR) is 74.5 cm³/mol. The summed E-state index contributed by atoms with van der Waals surface area (Å²) in [4.78, 5) is 12.3. The Hall–Kier alpha value is -2.10. The third-order valence-corrected chi connectivity index (χ3v) is 3.66. The molecule has 0 spiro atoms. The van der Waals surface area contributed by atoms with Gasteiger partial charge in [-0.25, -0.2) is 0 Å². The normalized spacial score (nSPS) is 13.4. The minimum Gasteiger partial charge on any atom is -0.320 e. The molecular weight excluding hydrogens is 238 g/mol. The van der Waals surface area contributed by atoms with Crippen LogP contribution in [0.2, 0.25) is 0 Å². The molecule has 2 N–H and O–H groups in total. The zero-order chi connectivity index (χ0) is 13.4. The summed E-state index contributed by atoms with van der Waals surface area (Å²) < 4.78 is 0. The van der Waals surface area contributed by atoms with Gasteiger partial charge in [0.05, 0.1) is 0 Å². The maximum Gasteiger partial charge on any atom is 0.276 e. The molecule has 1 aliphatic carbocycles. The van der Waals surface area contributed by atoms with Crippen molar-refractivity contribution in [2.24, 2.45) is 0 Å². The molecular formula is C15H17N3O. The summed E-state index contributed by atoms with van der Waals surface area (Å²) in [5, 5.41) is 10.1. The summed E-state index contributed by atoms with van der Waals surface area (Å²) in [6, 6.07) is 6.04. The number of amides is 1. The quantitative estimate of drug-likeness (QED) is 0.867. The Morgan fingerprint density at radius 2 is 2.16 bits per heavy atom. The van der Waals surface area contributed by atoms with E-state index >= 15 is 0 Å². The number of anilines is 1. The van der Waals surface area contributed by atoms with E-state index in [1.165, 1.54) is 0 Å². The average molecular weight is 255 g/mol. The fraction of sp³-hybridized carbons (Fsp3) is 0.333. The molecule has 1 amide bonds. The largest absolute Gasteiger partial charge is 0.320 e. The van der Waals surface area contributed by atoms with Crippen LogP contribution in [0.3, 0.4) is 0 Å². The number of fused-ring (bicyclic) bond motifs is 1. The number of hydrogen-bond acceptors (Lipinski definition) is 2. The van der Waals surface area contributed by atoms with Crippen LogP contribution in [0.1, 0.15) is 39.3 Å². The van der Waals surface area contributed by atoms with Crippen LogP contribution in [-0.2, 0) is 12.8 Å². The minimum atomic E-state index is -0.117. The first-order chi connectivity index (χ1) is 9.15. The number of nitrogens with zero attached hydrogens (tertiary/aromatic N) is 1. The van der Waals surface area contributed by atoms with E-state index in [4.69, 9.17) is 0 Å². The molecule has 1 heterocycles. The number of nitrogens with one attached hydrogen (secondary N) is 2. The number of aromatic amines is 1. The number of hydrogen-bond donors (Lipinski definition) is 2. The Balaban J connectivity index is 1.87. The molecule has 98 valence electrons. The minimum absolute atomic E-state index is 0.117. The molecule has 4 heteroatoms. The molecule has 1 aliphatic rings. The van der Waals surface area contributed by atoms with Crippen LogP contribution in [-0.4, -0.2) is 16.1 Å². The molecule has 1 aromatic carbocycles. The molecule has 19 heavy (non-hydrogen) atoms. The van der Waals surface area contributed by atoms with Crippen LogP contribution in [0.4, 0.5) is 5.69 Å². The summed E-state index contributed by atoms with van der Waals surface area (Å²) in [6.45, 7) is 4.01. The fourth-order valence-electron chi connectivity index (χ4n) is 2.56. The standard InChI is InChI=1S/C15H17N3O/c1-9-6-7-10(2)13(8-9)16-15(19)14-11-4-3-5-12(11)17-18-14/h6-8H,3-5H2,1-2H3,(H,16,19)(H,17,18). The van der Waals surface area contributed by atoms with Gasteiger partial charge in [-0.15, -0.1) is 0 Å². The number of benzene rings is 1. The Bertz CT molecular complexity index is 643. The monoisotopic (exact) mass is 255 g/mol. The second-order valence-corrected chi connectivity index (χ2v) is 5.16. The van der Waals surface area contributed by atoms with Crippen molar-refractivity contribution >= 4 is 11.6 Å². The van der Waals surface area contributed by atoms with Crippen molar-refractivity contribution in [2.75, 3.05) is 5.32 Å². The summed E-state index contributed by atoms with van der Waals surface area (Å²) >= 11 is 0. The second-order valence-electron chi connectivity index (χ2n) is 5.16. The van der Waals surface area contributed by atoms with E-state index in [1.807, 2.05) is 32.0 Å². The summed E-state index contributed by atoms with van der Waals surface area (Å²) in [7, 11) is 0. The summed E-state index contributed by atoms with van der Waals surface area (Å²) in [6.07, 6.45) is 3.05. The van der Waals surface area contributed by atoms with Gasteiger partial charge in [0.1, 0.15) is 0 Å². The molecule has 0 saturated heterocycles. The number of aryl methyl sites for hydroxylation is 3. The van der Waals surface area contributed by atoms with Crippen molar-refractivity contribution < 1.29 is 4.79 Å². The van der Waals surface area contributed by atoms with Gasteiger partial charge in [-0.05, 0) is 50.3 Å². The Labute approximate surface area is 112 Å². The topological polar surface area (TPSA) is 57.8 Å². The van der Waals surface area contributed by atoms with Crippen molar-refractivity contribution in [3.05, 3.63) is 46.3 Å². The SMILES string of the molecule is Cc1ccc(C)c(NC(=O)c2n[nH]c3c2CCC3)c1. The van der Waals surface area contributed by atoms with Crippen LogP contribution < -0.4 is 5.32 Å². The van der Waals surface area contributed by atoms with Gasteiger partial charge in [-0.1, -0.05) is 12.1 Å². The lowest BCUT2D eigenvalue weighted by molar-refractivity contribution is 0.102. The highest BCUT2D eigenvalue weighted by Crippen LogP contribution is 2.24. The van der Waals surface area contributed by atoms with Crippen LogP contribution in [0.25, 0.3) is 0 Å². The molecule has 2 aromatic rings. The molecule has 3 rings (SSSR count). The van der Waals surface area contributed by atoms with Crippen molar-refractivity contribution in [1.82, 2.24) is 10.2 Å². The first-order valence-electron chi connectivity index (χ1n) is 6.60. The van der Waals surface area contributed by atoms with Gasteiger partial charge in [-0.2, -0.15) is 5.10 Å². The van der Waals surface area contributed by atoms with Crippen molar-refractivity contribution in [3.63, 3.8) is 0 Å². The van der Waals surface area contributed by atoms with Gasteiger partial charge in [0.2, 0.25) is 0 Å². The van der Waals surface area contributed by atoms with E-state index in [2.05, 4.69) is 15.5 Å². The zero-order valence-corrected chi connectivity index (χ0v) is 11.2. The van der Waals surface area contributed by atoms with Gasteiger partial charge < -0.3 is 5.32 Å². The molecule has 4 nitrogen and oxygen atoms in total. The maximum absolute atomic E-state index is 12.3. The smallest absolute Gasteiger partial charge is 0.276 e. The second kappa shape index (κ2) is 4.53. The van der Waals surface area contributed by atoms with Gasteiger partial charge in [0, 0.05) is 16.9 Å². The molecule has 1 aromatic heterocycles. The third-order valence-electron chi connectivity index (χ3n) is 3.66. The van der Waals surface area contributed by atoms with E-state index in [0.29, 0.717) is 5.69 Å². The first-order valence-corrected chi connectivity index (χ1v) is 6.60. The molecule has 0 aliphatic heterocycles. The first kappa shape index (κ1) is 12.0. The van der Waals surface area contributed by atoms with Crippen LogP contribution >= 0.6 is 0 Å². The highest BCUT2D eigenvalue weighted by atomic mass is 16.1. The lowest BCUT2D eigenvalue weighted by Gasteiger charge is -2.08. The fourth-order valence-corrected chi connectivity index (χ4v) is 2.56. The number of carbonyl (C=O) groups excluding carboxylic acids is 1. The van der Waals surface area contributed by atoms with E-state index in [0.717, 1.165) is 47.3 Å². The van der Waals surface area contributed by atoms with Crippen LogP contribution in [0.5, 0.6) is 0 Å². The van der Waals surface area contributed by atoms with Crippen molar-refractivity contribution in [2.45, 2.75) is 33.1 Å². The maximum atomic E-state index is 12.3. The van der Waals surface area contributed by atoms with Gasteiger partial charge in [-0.3, -0.25) is 9.89 Å². The Kier molecular flexibility index (Phi) is 2.85. The predicted octanol–water partition coefficient (Wildman–Crippen LogP) is 2.77. The molecule has 0 unspecified atom stereocenters. The third kappa shape index (κ3) is 2.14. The van der Waals surface area contributed by atoms with Crippen molar-refractivity contribution in [1.29, 1.82) is 0 Å². The lowest BCUT2D eigenvalue weighted by Crippen LogP contribution is -2.15. The highest BCUT2D eigenvalue weighted by Gasteiger charge is 2.23. The summed E-state index contributed by atoms with van der Waals surface area (Å²) in [5.41, 5.74) is 5.81. The Morgan fingerprint density at radius 3 is 3.00 bits per heavy atom. The van der Waals surface area contributed by atoms with Gasteiger partial charge >= 0.3 is 0 Å². The number of H-pyrrole nitrogens is 1. The Morgan fingerprint density at radius 1 is 1.32 bits per heavy atom. The van der Waals surface area contributed by atoms with Crippen LogP contribution in [0, 0.1) is 13.8 Å². The molecule has 0 atom stereocenters. The number of rotatable bonds is 2.